The Morgan fingerprint density at radius 3 is 2.17 bits per heavy atom. The highest BCUT2D eigenvalue weighted by Gasteiger charge is 2.58. The second-order valence-corrected chi connectivity index (χ2v) is 6.52. The molecule has 2 fully saturated rings. The van der Waals surface area contributed by atoms with Crippen molar-refractivity contribution in [3.8, 4) is 0 Å². The fourth-order valence-electron chi connectivity index (χ4n) is 3.02. The van der Waals surface area contributed by atoms with E-state index in [1.807, 2.05) is 0 Å². The van der Waals surface area contributed by atoms with E-state index in [2.05, 4.69) is 12.2 Å². The number of piperazine rings is 1. The first kappa shape index (κ1) is 18.5. The minimum absolute atomic E-state index is 0.0843. The number of unbranched alkanes of at least 4 members (excludes halogenated alkanes) is 2. The molecule has 0 radical (unpaired) electrons. The van der Waals surface area contributed by atoms with Gasteiger partial charge in [0.15, 0.2) is 0 Å². The summed E-state index contributed by atoms with van der Waals surface area (Å²) in [6.45, 7) is 6.71. The van der Waals surface area contributed by atoms with E-state index in [1.165, 1.54) is 0 Å². The molecule has 0 aromatic carbocycles. The molecule has 0 aromatic heterocycles. The Bertz CT molecular complexity index is 468. The third-order valence-electron chi connectivity index (χ3n) is 4.75. The van der Waals surface area contributed by atoms with E-state index in [-0.39, 0.29) is 17.9 Å². The molecule has 1 aliphatic heterocycles. The highest BCUT2D eigenvalue weighted by Crippen LogP contribution is 2.47. The Kier molecular flexibility index (Phi) is 6.45. The zero-order valence-corrected chi connectivity index (χ0v) is 14.8. The molecule has 1 heterocycles. The lowest BCUT2D eigenvalue weighted by Crippen LogP contribution is -2.54. The molecule has 136 valence electrons. The fraction of sp³-hybridized carbons (Fsp3) is 0.824. The Balaban J connectivity index is 1.81. The van der Waals surface area contributed by atoms with Crippen molar-refractivity contribution >= 4 is 17.9 Å². The molecule has 3 amide bonds. The molecule has 2 aliphatic rings. The van der Waals surface area contributed by atoms with Crippen LogP contribution in [0.3, 0.4) is 0 Å². The van der Waals surface area contributed by atoms with Gasteiger partial charge in [0.05, 0.1) is 6.61 Å². The van der Waals surface area contributed by atoms with Crippen LogP contribution in [0.5, 0.6) is 0 Å². The molecule has 24 heavy (non-hydrogen) atoms. The number of ether oxygens (including phenoxy) is 1. The maximum Gasteiger partial charge on any atom is 0.409 e. The predicted octanol–water partition coefficient (Wildman–Crippen LogP) is 1.37. The maximum absolute atomic E-state index is 12.7. The number of rotatable bonds is 7. The first-order valence-corrected chi connectivity index (χ1v) is 9.04. The third kappa shape index (κ3) is 4.19. The normalized spacial score (nSPS) is 18.9. The van der Waals surface area contributed by atoms with Crippen molar-refractivity contribution in [2.45, 2.75) is 46.0 Å². The number of nitrogens with one attached hydrogen (secondary N) is 1. The Morgan fingerprint density at radius 2 is 1.62 bits per heavy atom. The van der Waals surface area contributed by atoms with Gasteiger partial charge in [0.1, 0.15) is 5.41 Å². The summed E-state index contributed by atoms with van der Waals surface area (Å²) in [6.07, 6.45) is 4.05. The summed E-state index contributed by atoms with van der Waals surface area (Å²) in [5.74, 6) is -0.213. The van der Waals surface area contributed by atoms with Crippen molar-refractivity contribution in [2.24, 2.45) is 5.41 Å². The van der Waals surface area contributed by atoms with Crippen LogP contribution in [0, 0.1) is 5.41 Å². The van der Waals surface area contributed by atoms with Gasteiger partial charge in [-0.15, -0.1) is 0 Å². The molecule has 0 bridgehead atoms. The van der Waals surface area contributed by atoms with Gasteiger partial charge in [0, 0.05) is 32.7 Å². The Labute approximate surface area is 143 Å². The van der Waals surface area contributed by atoms with E-state index in [4.69, 9.17) is 4.74 Å². The van der Waals surface area contributed by atoms with E-state index in [0.717, 1.165) is 19.3 Å². The maximum atomic E-state index is 12.7. The first-order valence-electron chi connectivity index (χ1n) is 9.04. The van der Waals surface area contributed by atoms with Crippen LogP contribution in [-0.4, -0.2) is 67.0 Å². The highest BCUT2D eigenvalue weighted by atomic mass is 16.6. The van der Waals surface area contributed by atoms with Gasteiger partial charge in [-0.1, -0.05) is 19.8 Å². The van der Waals surface area contributed by atoms with E-state index >= 15 is 0 Å². The standard InChI is InChI=1S/C17H29N3O4/c1-3-5-6-9-18-14(21)17(7-8-17)15(22)19-10-12-20(13-11-19)16(23)24-4-2/h3-13H2,1-2H3,(H,18,21). The summed E-state index contributed by atoms with van der Waals surface area (Å²) in [5.41, 5.74) is -0.849. The molecule has 0 atom stereocenters. The number of carbonyl (C=O) groups excluding carboxylic acids is 3. The van der Waals surface area contributed by atoms with Crippen LogP contribution >= 0.6 is 0 Å². The van der Waals surface area contributed by atoms with Crippen LogP contribution in [0.15, 0.2) is 0 Å². The van der Waals surface area contributed by atoms with Gasteiger partial charge >= 0.3 is 6.09 Å². The average molecular weight is 339 g/mol. The van der Waals surface area contributed by atoms with E-state index in [1.54, 1.807) is 16.7 Å². The number of hydrogen-bond acceptors (Lipinski definition) is 4. The van der Waals surface area contributed by atoms with Crippen LogP contribution < -0.4 is 5.32 Å². The van der Waals surface area contributed by atoms with Crippen LogP contribution in [-0.2, 0) is 14.3 Å². The topological polar surface area (TPSA) is 79.0 Å². The summed E-state index contributed by atoms with van der Waals surface area (Å²) < 4.78 is 4.98. The molecule has 0 spiro atoms. The van der Waals surface area contributed by atoms with Gasteiger partial charge in [-0.05, 0) is 26.2 Å². The van der Waals surface area contributed by atoms with Crippen LogP contribution in [0.1, 0.15) is 46.0 Å². The van der Waals surface area contributed by atoms with Crippen LogP contribution in [0.25, 0.3) is 0 Å². The number of carbonyl (C=O) groups is 3. The lowest BCUT2D eigenvalue weighted by atomic mass is 10.0. The number of nitrogens with zero attached hydrogens (tertiary/aromatic N) is 2. The lowest BCUT2D eigenvalue weighted by molar-refractivity contribution is -0.145. The zero-order chi connectivity index (χ0) is 17.6. The largest absolute Gasteiger partial charge is 0.450 e. The quantitative estimate of drug-likeness (QED) is 0.561. The Hall–Kier alpha value is -1.79. The average Bonchev–Trinajstić information content (AvgIpc) is 3.40. The second kappa shape index (κ2) is 8.35. The molecule has 0 unspecified atom stereocenters. The molecular weight excluding hydrogens is 310 g/mol. The van der Waals surface area contributed by atoms with Crippen LogP contribution in [0.4, 0.5) is 4.79 Å². The monoisotopic (exact) mass is 339 g/mol. The van der Waals surface area contributed by atoms with Crippen molar-refractivity contribution in [1.29, 1.82) is 0 Å². The molecule has 0 aromatic rings. The summed E-state index contributed by atoms with van der Waals surface area (Å²) in [5, 5.41) is 2.91. The van der Waals surface area contributed by atoms with Gasteiger partial charge in [0.2, 0.25) is 11.8 Å². The first-order chi connectivity index (χ1) is 11.5. The molecule has 1 saturated carbocycles. The number of amides is 3. The summed E-state index contributed by atoms with van der Waals surface area (Å²) in [7, 11) is 0. The van der Waals surface area contributed by atoms with Crippen molar-refractivity contribution in [1.82, 2.24) is 15.1 Å². The fourth-order valence-corrected chi connectivity index (χ4v) is 3.02. The van der Waals surface area contributed by atoms with Gasteiger partial charge in [0.25, 0.3) is 0 Å². The van der Waals surface area contributed by atoms with Crippen LogP contribution in [0.2, 0.25) is 0 Å². The molecular formula is C17H29N3O4. The van der Waals surface area contributed by atoms with Gasteiger partial charge in [-0.2, -0.15) is 0 Å². The second-order valence-electron chi connectivity index (χ2n) is 6.52. The van der Waals surface area contributed by atoms with Crippen molar-refractivity contribution in [2.75, 3.05) is 39.3 Å². The molecule has 1 saturated heterocycles. The van der Waals surface area contributed by atoms with E-state index < -0.39 is 5.41 Å². The van der Waals surface area contributed by atoms with E-state index in [9.17, 15) is 14.4 Å². The molecule has 2 rings (SSSR count). The van der Waals surface area contributed by atoms with Crippen molar-refractivity contribution < 1.29 is 19.1 Å². The van der Waals surface area contributed by atoms with Gasteiger partial charge < -0.3 is 19.9 Å². The minimum Gasteiger partial charge on any atom is -0.450 e. The summed E-state index contributed by atoms with van der Waals surface area (Å²) in [6, 6.07) is 0. The van der Waals surface area contributed by atoms with Crippen molar-refractivity contribution in [3.63, 3.8) is 0 Å². The zero-order valence-electron chi connectivity index (χ0n) is 14.8. The SMILES string of the molecule is CCCCCNC(=O)C1(C(=O)N2CCN(C(=O)OCC)CC2)CC1. The predicted molar refractivity (Wildman–Crippen MR) is 89.4 cm³/mol. The number of hydrogen-bond donors (Lipinski definition) is 1. The van der Waals surface area contributed by atoms with E-state index in [0.29, 0.717) is 52.2 Å². The molecule has 7 nitrogen and oxygen atoms in total. The third-order valence-corrected chi connectivity index (χ3v) is 4.75. The smallest absolute Gasteiger partial charge is 0.409 e. The van der Waals surface area contributed by atoms with Gasteiger partial charge in [-0.3, -0.25) is 9.59 Å². The minimum atomic E-state index is -0.849. The van der Waals surface area contributed by atoms with Crippen molar-refractivity contribution in [3.05, 3.63) is 0 Å². The summed E-state index contributed by atoms with van der Waals surface area (Å²) in [4.78, 5) is 40.2. The van der Waals surface area contributed by atoms with Gasteiger partial charge in [-0.25, -0.2) is 4.79 Å². The lowest BCUT2D eigenvalue weighted by Gasteiger charge is -2.35. The summed E-state index contributed by atoms with van der Waals surface area (Å²) >= 11 is 0. The molecule has 7 heteroatoms. The molecule has 1 aliphatic carbocycles. The highest BCUT2D eigenvalue weighted by molar-refractivity contribution is 6.07. The molecule has 1 N–H and O–H groups in total. The Morgan fingerprint density at radius 1 is 1.00 bits per heavy atom.